The zero-order valence-corrected chi connectivity index (χ0v) is 16.7. The predicted molar refractivity (Wildman–Crippen MR) is 106 cm³/mol. The quantitative estimate of drug-likeness (QED) is 0.747. The maximum Gasteiger partial charge on any atom is 0.237 e. The second kappa shape index (κ2) is 6.24. The highest BCUT2D eigenvalue weighted by Gasteiger charge is 2.29. The molecule has 1 aromatic carbocycles. The van der Waals surface area contributed by atoms with Gasteiger partial charge in [-0.05, 0) is 63.8 Å². The van der Waals surface area contributed by atoms with Gasteiger partial charge in [0.2, 0.25) is 10.0 Å². The molecule has 0 spiro atoms. The van der Waals surface area contributed by atoms with Gasteiger partial charge in [0.25, 0.3) is 0 Å². The summed E-state index contributed by atoms with van der Waals surface area (Å²) in [5.41, 5.74) is 3.02. The molecule has 4 rings (SSSR count). The standard InChI is InChI=1S/C19H26N4O3S/c1-19(2,3)23-18(10-17(21-23)12-4-6-15(24)9-12)20-14-5-7-16-13(8-14)11-27(25,26)22-16/h5,7-8,10,12,15,20,22,24H,4,6,9,11H2,1-3H3. The van der Waals surface area contributed by atoms with Crippen LogP contribution in [0.1, 0.15) is 57.2 Å². The van der Waals surface area contributed by atoms with Gasteiger partial charge in [-0.3, -0.25) is 4.72 Å². The fraction of sp³-hybridized carbons (Fsp3) is 0.526. The van der Waals surface area contributed by atoms with Crippen molar-refractivity contribution >= 4 is 27.2 Å². The average molecular weight is 391 g/mol. The van der Waals surface area contributed by atoms with Gasteiger partial charge >= 0.3 is 0 Å². The molecular weight excluding hydrogens is 364 g/mol. The first-order chi connectivity index (χ1) is 12.6. The Morgan fingerprint density at radius 1 is 1.26 bits per heavy atom. The minimum atomic E-state index is -3.26. The van der Waals surface area contributed by atoms with Crippen LogP contribution in [-0.2, 0) is 21.3 Å². The topological polar surface area (TPSA) is 96.2 Å². The SMILES string of the molecule is CC(C)(C)n1nc(C2CCC(O)C2)cc1Nc1ccc2c(c1)CS(=O)(=O)N2. The van der Waals surface area contributed by atoms with Crippen LogP contribution < -0.4 is 10.0 Å². The van der Waals surface area contributed by atoms with Crippen molar-refractivity contribution in [2.75, 3.05) is 10.0 Å². The molecule has 2 heterocycles. The Morgan fingerprint density at radius 2 is 2.04 bits per heavy atom. The number of fused-ring (bicyclic) bond motifs is 1. The van der Waals surface area contributed by atoms with E-state index in [1.54, 1.807) is 6.07 Å². The summed E-state index contributed by atoms with van der Waals surface area (Å²) in [6.07, 6.45) is 2.28. The first-order valence-corrected chi connectivity index (χ1v) is 10.9. The molecule has 8 heteroatoms. The highest BCUT2D eigenvalue weighted by atomic mass is 32.2. The Hall–Kier alpha value is -2.06. The van der Waals surface area contributed by atoms with Gasteiger partial charge in [0.15, 0.2) is 0 Å². The van der Waals surface area contributed by atoms with Crippen molar-refractivity contribution in [3.8, 4) is 0 Å². The number of aliphatic hydroxyl groups is 1. The largest absolute Gasteiger partial charge is 0.393 e. The number of hydrogen-bond acceptors (Lipinski definition) is 5. The summed E-state index contributed by atoms with van der Waals surface area (Å²) in [5.74, 6) is 1.15. The van der Waals surface area contributed by atoms with Crippen LogP contribution >= 0.6 is 0 Å². The molecule has 2 unspecified atom stereocenters. The van der Waals surface area contributed by atoms with Crippen molar-refractivity contribution in [3.05, 3.63) is 35.5 Å². The van der Waals surface area contributed by atoms with Crippen LogP contribution in [0.4, 0.5) is 17.2 Å². The fourth-order valence-corrected chi connectivity index (χ4v) is 5.13. The number of nitrogens with one attached hydrogen (secondary N) is 2. The molecule has 1 saturated carbocycles. The number of sulfonamides is 1. The summed E-state index contributed by atoms with van der Waals surface area (Å²) in [5, 5.41) is 18.1. The van der Waals surface area contributed by atoms with E-state index < -0.39 is 10.0 Å². The van der Waals surface area contributed by atoms with Gasteiger partial charge in [-0.2, -0.15) is 5.10 Å². The molecule has 2 aromatic rings. The lowest BCUT2D eigenvalue weighted by Crippen LogP contribution is -2.24. The predicted octanol–water partition coefficient (Wildman–Crippen LogP) is 3.27. The molecule has 2 atom stereocenters. The van der Waals surface area contributed by atoms with Gasteiger partial charge in [0.1, 0.15) is 5.82 Å². The molecule has 3 N–H and O–H groups in total. The third kappa shape index (κ3) is 3.68. The lowest BCUT2D eigenvalue weighted by molar-refractivity contribution is 0.181. The van der Waals surface area contributed by atoms with E-state index in [9.17, 15) is 13.5 Å². The van der Waals surface area contributed by atoms with Gasteiger partial charge in [-0.1, -0.05) is 0 Å². The van der Waals surface area contributed by atoms with Crippen LogP contribution in [0.5, 0.6) is 0 Å². The summed E-state index contributed by atoms with van der Waals surface area (Å²) >= 11 is 0. The molecule has 1 aromatic heterocycles. The number of nitrogens with zero attached hydrogens (tertiary/aromatic N) is 2. The van der Waals surface area contributed by atoms with E-state index in [4.69, 9.17) is 5.10 Å². The Kier molecular flexibility index (Phi) is 4.23. The number of benzene rings is 1. The minimum absolute atomic E-state index is 0.00159. The van der Waals surface area contributed by atoms with Crippen LogP contribution in [0.2, 0.25) is 0 Å². The van der Waals surface area contributed by atoms with Crippen molar-refractivity contribution in [2.24, 2.45) is 0 Å². The molecule has 7 nitrogen and oxygen atoms in total. The van der Waals surface area contributed by atoms with E-state index >= 15 is 0 Å². The summed E-state index contributed by atoms with van der Waals surface area (Å²) in [6, 6.07) is 7.57. The Bertz CT molecular complexity index is 975. The molecule has 0 bridgehead atoms. The van der Waals surface area contributed by atoms with Crippen molar-refractivity contribution in [1.29, 1.82) is 0 Å². The number of aliphatic hydroxyl groups excluding tert-OH is 1. The van der Waals surface area contributed by atoms with Crippen molar-refractivity contribution in [2.45, 2.75) is 63.3 Å². The first-order valence-electron chi connectivity index (χ1n) is 9.30. The molecule has 2 aliphatic rings. The van der Waals surface area contributed by atoms with Gasteiger partial charge in [-0.25, -0.2) is 13.1 Å². The lowest BCUT2D eigenvalue weighted by atomic mass is 10.0. The van der Waals surface area contributed by atoms with Crippen molar-refractivity contribution in [3.63, 3.8) is 0 Å². The normalized spacial score (nSPS) is 23.9. The average Bonchev–Trinajstić information content (AvgIpc) is 3.22. The molecule has 0 amide bonds. The molecule has 0 radical (unpaired) electrons. The maximum absolute atomic E-state index is 11.8. The second-order valence-corrected chi connectivity index (χ2v) is 10.3. The fourth-order valence-electron chi connectivity index (χ4n) is 3.87. The van der Waals surface area contributed by atoms with E-state index in [0.717, 1.165) is 42.0 Å². The molecular formula is C19H26N4O3S. The van der Waals surface area contributed by atoms with Crippen LogP contribution in [0.25, 0.3) is 0 Å². The van der Waals surface area contributed by atoms with Crippen LogP contribution in [0.3, 0.4) is 0 Å². The summed E-state index contributed by atoms with van der Waals surface area (Å²) in [4.78, 5) is 0. The zero-order valence-electron chi connectivity index (χ0n) is 15.9. The van der Waals surface area contributed by atoms with E-state index in [-0.39, 0.29) is 23.3 Å². The van der Waals surface area contributed by atoms with Crippen molar-refractivity contribution < 1.29 is 13.5 Å². The van der Waals surface area contributed by atoms with Crippen molar-refractivity contribution in [1.82, 2.24) is 9.78 Å². The zero-order chi connectivity index (χ0) is 19.4. The third-order valence-electron chi connectivity index (χ3n) is 5.18. The second-order valence-electron chi connectivity index (χ2n) is 8.56. The Labute approximate surface area is 159 Å². The molecule has 1 aliphatic heterocycles. The van der Waals surface area contributed by atoms with Gasteiger partial charge in [-0.15, -0.1) is 0 Å². The summed E-state index contributed by atoms with van der Waals surface area (Å²) in [6.45, 7) is 6.28. The van der Waals surface area contributed by atoms with Gasteiger partial charge in [0.05, 0.1) is 28.8 Å². The van der Waals surface area contributed by atoms with E-state index in [2.05, 4.69) is 36.9 Å². The minimum Gasteiger partial charge on any atom is -0.393 e. The number of anilines is 3. The molecule has 1 aliphatic carbocycles. The van der Waals surface area contributed by atoms with E-state index in [0.29, 0.717) is 5.69 Å². The number of hydrogen-bond donors (Lipinski definition) is 3. The Morgan fingerprint density at radius 3 is 2.70 bits per heavy atom. The number of rotatable bonds is 3. The molecule has 27 heavy (non-hydrogen) atoms. The van der Waals surface area contributed by atoms with Gasteiger partial charge < -0.3 is 10.4 Å². The van der Waals surface area contributed by atoms with Crippen LogP contribution in [0, 0.1) is 0 Å². The summed E-state index contributed by atoms with van der Waals surface area (Å²) < 4.78 is 28.0. The summed E-state index contributed by atoms with van der Waals surface area (Å²) in [7, 11) is -3.26. The molecule has 146 valence electrons. The first kappa shape index (κ1) is 18.3. The monoisotopic (exact) mass is 390 g/mol. The van der Waals surface area contributed by atoms with E-state index in [1.807, 2.05) is 16.8 Å². The molecule has 1 fully saturated rings. The number of aromatic nitrogens is 2. The lowest BCUT2D eigenvalue weighted by Gasteiger charge is -2.23. The third-order valence-corrected chi connectivity index (χ3v) is 6.40. The Balaban J connectivity index is 1.65. The van der Waals surface area contributed by atoms with Gasteiger partial charge in [0, 0.05) is 17.7 Å². The maximum atomic E-state index is 11.8. The van der Waals surface area contributed by atoms with Crippen LogP contribution in [-0.4, -0.2) is 29.4 Å². The van der Waals surface area contributed by atoms with Crippen LogP contribution in [0.15, 0.2) is 24.3 Å². The molecule has 0 saturated heterocycles. The van der Waals surface area contributed by atoms with E-state index in [1.165, 1.54) is 0 Å². The highest BCUT2D eigenvalue weighted by Crippen LogP contribution is 2.37. The smallest absolute Gasteiger partial charge is 0.237 e. The highest BCUT2D eigenvalue weighted by molar-refractivity contribution is 7.92.